The summed E-state index contributed by atoms with van der Waals surface area (Å²) in [6.45, 7) is -1.42. The average Bonchev–Trinajstić information content (AvgIpc) is 2.59. The highest BCUT2D eigenvalue weighted by Gasteiger charge is 2.29. The van der Waals surface area contributed by atoms with Crippen molar-refractivity contribution in [2.24, 2.45) is 0 Å². The van der Waals surface area contributed by atoms with Crippen LogP contribution in [-0.4, -0.2) is 35.9 Å². The number of methoxy groups -OCH3 is 1. The van der Waals surface area contributed by atoms with Crippen molar-refractivity contribution in [2.45, 2.75) is 19.0 Å². The van der Waals surface area contributed by atoms with Crippen molar-refractivity contribution >= 4 is 11.7 Å². The van der Waals surface area contributed by atoms with Crippen molar-refractivity contribution in [1.29, 1.82) is 0 Å². The van der Waals surface area contributed by atoms with Gasteiger partial charge in [0.1, 0.15) is 0 Å². The van der Waals surface area contributed by atoms with E-state index >= 15 is 0 Å². The number of carbonyl (C=O) groups is 1. The molecule has 0 bridgehead atoms. The molecule has 0 spiro atoms. The number of aromatic hydroxyl groups is 1. The highest BCUT2D eigenvalue weighted by Crippen LogP contribution is 2.30. The quantitative estimate of drug-likeness (QED) is 0.782. The minimum atomic E-state index is -4.45. The second-order valence-electron chi connectivity index (χ2n) is 5.31. The van der Waals surface area contributed by atoms with Crippen molar-refractivity contribution in [3.63, 3.8) is 0 Å². The average molecular weight is 370 g/mol. The third-order valence-electron chi connectivity index (χ3n) is 3.30. The molecule has 1 heterocycles. The first-order chi connectivity index (χ1) is 12.3. The molecule has 0 aliphatic carbocycles. The van der Waals surface area contributed by atoms with Gasteiger partial charge in [-0.3, -0.25) is 4.79 Å². The molecule has 2 aromatic rings. The van der Waals surface area contributed by atoms with Crippen LogP contribution >= 0.6 is 0 Å². The standard InChI is InChI=1S/C17H17F3N2O4/c1-25-14-9-11(4-6-13(14)26-10-17(18,19)20)5-7-15(24)22-16-12(23)3-2-8-21-16/h2-4,6,8-9,23H,5,7,10H2,1H3,(H,21,22,24). The lowest BCUT2D eigenvalue weighted by Crippen LogP contribution is -2.19. The van der Waals surface area contributed by atoms with Gasteiger partial charge in [0.25, 0.3) is 0 Å². The van der Waals surface area contributed by atoms with Crippen LogP contribution in [0.5, 0.6) is 17.2 Å². The number of rotatable bonds is 7. The fraction of sp³-hybridized carbons (Fsp3) is 0.294. The lowest BCUT2D eigenvalue weighted by atomic mass is 10.1. The SMILES string of the molecule is COc1cc(CCC(=O)Nc2ncccc2O)ccc1OCC(F)(F)F. The number of aromatic nitrogens is 1. The largest absolute Gasteiger partial charge is 0.504 e. The maximum Gasteiger partial charge on any atom is 0.422 e. The summed E-state index contributed by atoms with van der Waals surface area (Å²) in [5.41, 5.74) is 0.682. The summed E-state index contributed by atoms with van der Waals surface area (Å²) in [5.74, 6) is -0.332. The number of ether oxygens (including phenoxy) is 2. The molecule has 1 amide bonds. The number of pyridine rings is 1. The lowest BCUT2D eigenvalue weighted by Gasteiger charge is -2.13. The molecule has 0 aliphatic heterocycles. The summed E-state index contributed by atoms with van der Waals surface area (Å²) >= 11 is 0. The first kappa shape index (κ1) is 19.4. The van der Waals surface area contributed by atoms with E-state index in [0.29, 0.717) is 12.0 Å². The number of aryl methyl sites for hydroxylation is 1. The number of carbonyl (C=O) groups excluding carboxylic acids is 1. The maximum absolute atomic E-state index is 12.2. The van der Waals surface area contributed by atoms with Gasteiger partial charge in [-0.15, -0.1) is 0 Å². The van der Waals surface area contributed by atoms with Gasteiger partial charge in [-0.05, 0) is 36.2 Å². The highest BCUT2D eigenvalue weighted by molar-refractivity contribution is 5.91. The highest BCUT2D eigenvalue weighted by atomic mass is 19.4. The van der Waals surface area contributed by atoms with E-state index in [2.05, 4.69) is 10.3 Å². The molecule has 9 heteroatoms. The molecular formula is C17H17F3N2O4. The zero-order valence-corrected chi connectivity index (χ0v) is 13.8. The van der Waals surface area contributed by atoms with Crippen LogP contribution in [0.2, 0.25) is 0 Å². The molecule has 6 nitrogen and oxygen atoms in total. The molecule has 0 unspecified atom stereocenters. The van der Waals surface area contributed by atoms with Gasteiger partial charge in [0.05, 0.1) is 7.11 Å². The minimum absolute atomic E-state index is 0.0311. The van der Waals surface area contributed by atoms with Gasteiger partial charge in [0.15, 0.2) is 29.7 Å². The molecule has 0 saturated heterocycles. The fourth-order valence-corrected chi connectivity index (χ4v) is 2.09. The summed E-state index contributed by atoms with van der Waals surface area (Å²) in [5, 5.41) is 12.0. The van der Waals surface area contributed by atoms with Crippen LogP contribution in [0, 0.1) is 0 Å². The number of hydrogen-bond acceptors (Lipinski definition) is 5. The monoisotopic (exact) mass is 370 g/mol. The van der Waals surface area contributed by atoms with Gasteiger partial charge in [-0.25, -0.2) is 4.98 Å². The molecule has 0 fully saturated rings. The van der Waals surface area contributed by atoms with Crippen LogP contribution in [0.3, 0.4) is 0 Å². The van der Waals surface area contributed by atoms with Crippen molar-refractivity contribution in [1.82, 2.24) is 4.98 Å². The summed E-state index contributed by atoms with van der Waals surface area (Å²) in [4.78, 5) is 15.8. The third kappa shape index (κ3) is 5.83. The van der Waals surface area contributed by atoms with E-state index in [1.807, 2.05) is 0 Å². The van der Waals surface area contributed by atoms with E-state index in [-0.39, 0.29) is 35.4 Å². The molecule has 2 N–H and O–H groups in total. The van der Waals surface area contributed by atoms with Gasteiger partial charge < -0.3 is 19.9 Å². The number of nitrogens with zero attached hydrogens (tertiary/aromatic N) is 1. The molecule has 26 heavy (non-hydrogen) atoms. The summed E-state index contributed by atoms with van der Waals surface area (Å²) in [6, 6.07) is 7.35. The molecule has 0 atom stereocenters. The van der Waals surface area contributed by atoms with E-state index in [4.69, 9.17) is 9.47 Å². The molecule has 140 valence electrons. The molecule has 0 radical (unpaired) electrons. The van der Waals surface area contributed by atoms with Crippen LogP contribution < -0.4 is 14.8 Å². The van der Waals surface area contributed by atoms with Crippen LogP contribution in [0.15, 0.2) is 36.5 Å². The molecular weight excluding hydrogens is 353 g/mol. The minimum Gasteiger partial charge on any atom is -0.504 e. The first-order valence-electron chi connectivity index (χ1n) is 7.59. The number of alkyl halides is 3. The van der Waals surface area contributed by atoms with Crippen LogP contribution in [0.25, 0.3) is 0 Å². The van der Waals surface area contributed by atoms with Crippen molar-refractivity contribution in [2.75, 3.05) is 19.0 Å². The summed E-state index contributed by atoms with van der Waals surface area (Å²) in [6.07, 6.45) is -2.62. The topological polar surface area (TPSA) is 80.7 Å². The number of anilines is 1. The zero-order valence-electron chi connectivity index (χ0n) is 13.8. The maximum atomic E-state index is 12.2. The number of hydrogen-bond donors (Lipinski definition) is 2. The predicted molar refractivity (Wildman–Crippen MR) is 87.4 cm³/mol. The molecule has 2 rings (SSSR count). The van der Waals surface area contributed by atoms with Gasteiger partial charge >= 0.3 is 6.18 Å². The predicted octanol–water partition coefficient (Wildman–Crippen LogP) is 3.31. The van der Waals surface area contributed by atoms with Crippen LogP contribution in [0.1, 0.15) is 12.0 Å². The Balaban J connectivity index is 1.95. The smallest absolute Gasteiger partial charge is 0.422 e. The van der Waals surface area contributed by atoms with Crippen LogP contribution in [-0.2, 0) is 11.2 Å². The van der Waals surface area contributed by atoms with E-state index in [1.165, 1.54) is 37.6 Å². The van der Waals surface area contributed by atoms with Crippen molar-refractivity contribution in [3.8, 4) is 17.2 Å². The molecule has 0 aliphatic rings. The summed E-state index contributed by atoms with van der Waals surface area (Å²) in [7, 11) is 1.32. The molecule has 0 saturated carbocycles. The number of nitrogens with one attached hydrogen (secondary N) is 1. The second-order valence-corrected chi connectivity index (χ2v) is 5.31. The Morgan fingerprint density at radius 2 is 2.04 bits per heavy atom. The summed E-state index contributed by atoms with van der Waals surface area (Å²) < 4.78 is 46.5. The second kappa shape index (κ2) is 8.41. The van der Waals surface area contributed by atoms with Gasteiger partial charge in [-0.1, -0.05) is 6.07 Å². The Morgan fingerprint density at radius 1 is 1.27 bits per heavy atom. The Kier molecular flexibility index (Phi) is 6.26. The third-order valence-corrected chi connectivity index (χ3v) is 3.30. The number of benzene rings is 1. The van der Waals surface area contributed by atoms with E-state index in [9.17, 15) is 23.1 Å². The van der Waals surface area contributed by atoms with Gasteiger partial charge in [0.2, 0.25) is 5.91 Å². The Labute approximate surface area is 147 Å². The van der Waals surface area contributed by atoms with E-state index in [0.717, 1.165) is 0 Å². The fourth-order valence-electron chi connectivity index (χ4n) is 2.09. The first-order valence-corrected chi connectivity index (χ1v) is 7.59. The van der Waals surface area contributed by atoms with Crippen molar-refractivity contribution in [3.05, 3.63) is 42.1 Å². The zero-order chi connectivity index (χ0) is 19.2. The van der Waals surface area contributed by atoms with E-state index in [1.54, 1.807) is 6.07 Å². The van der Waals surface area contributed by atoms with Gasteiger partial charge in [-0.2, -0.15) is 13.2 Å². The van der Waals surface area contributed by atoms with Crippen molar-refractivity contribution < 1.29 is 32.5 Å². The van der Waals surface area contributed by atoms with E-state index < -0.39 is 12.8 Å². The Morgan fingerprint density at radius 3 is 2.69 bits per heavy atom. The normalized spacial score (nSPS) is 11.1. The van der Waals surface area contributed by atoms with Crippen LogP contribution in [0.4, 0.5) is 19.0 Å². The number of halogens is 3. The Bertz CT molecular complexity index is 766. The molecule has 1 aromatic heterocycles. The lowest BCUT2D eigenvalue weighted by molar-refractivity contribution is -0.153. The molecule has 1 aromatic carbocycles. The number of amides is 1. The Hall–Kier alpha value is -2.97. The van der Waals surface area contributed by atoms with Gasteiger partial charge in [0, 0.05) is 12.6 Å².